The molecule has 2 rings (SSSR count). The minimum atomic E-state index is -0.820. The largest absolute Gasteiger partial charge is 0.308 e. The summed E-state index contributed by atoms with van der Waals surface area (Å²) in [5, 5.41) is 14.6. The van der Waals surface area contributed by atoms with E-state index < -0.39 is 11.1 Å². The van der Waals surface area contributed by atoms with Crippen molar-refractivity contribution in [3.8, 4) is 0 Å². The Labute approximate surface area is 137 Å². The maximum absolute atomic E-state index is 12.6. The molecule has 23 heavy (non-hydrogen) atoms. The predicted octanol–water partition coefficient (Wildman–Crippen LogP) is 0.489. The third-order valence-electron chi connectivity index (χ3n) is 5.02. The molecule has 0 fully saturated rings. The van der Waals surface area contributed by atoms with Crippen LogP contribution in [0.5, 0.6) is 0 Å². The van der Waals surface area contributed by atoms with E-state index in [-0.39, 0.29) is 18.1 Å². The summed E-state index contributed by atoms with van der Waals surface area (Å²) < 4.78 is 1.81. The van der Waals surface area contributed by atoms with Gasteiger partial charge in [-0.2, -0.15) is 0 Å². The van der Waals surface area contributed by atoms with E-state index >= 15 is 0 Å². The molecule has 0 amide bonds. The highest BCUT2D eigenvalue weighted by Crippen LogP contribution is 2.18. The van der Waals surface area contributed by atoms with Crippen LogP contribution in [0.25, 0.3) is 0 Å². The van der Waals surface area contributed by atoms with Gasteiger partial charge in [-0.25, -0.2) is 0 Å². The Morgan fingerprint density at radius 3 is 2.78 bits per heavy atom. The van der Waals surface area contributed by atoms with Gasteiger partial charge in [0.25, 0.3) is 0 Å². The minimum absolute atomic E-state index is 0.0131. The van der Waals surface area contributed by atoms with Gasteiger partial charge in [-0.3, -0.25) is 19.6 Å². The van der Waals surface area contributed by atoms with Crippen molar-refractivity contribution in [3.05, 3.63) is 11.9 Å². The smallest absolute Gasteiger partial charge is 0.166 e. The lowest BCUT2D eigenvalue weighted by Crippen LogP contribution is -2.57. The van der Waals surface area contributed by atoms with E-state index in [1.54, 1.807) is 0 Å². The van der Waals surface area contributed by atoms with Gasteiger partial charge in [0.2, 0.25) is 0 Å². The zero-order chi connectivity index (χ0) is 17.1. The van der Waals surface area contributed by atoms with Crippen LogP contribution in [0.3, 0.4) is 0 Å². The highest BCUT2D eigenvalue weighted by molar-refractivity contribution is 5.91. The van der Waals surface area contributed by atoms with Crippen LogP contribution in [0.1, 0.15) is 45.7 Å². The van der Waals surface area contributed by atoms with Crippen LogP contribution in [0, 0.1) is 0 Å². The molecular weight excluding hydrogens is 294 g/mol. The molecule has 1 aromatic heterocycles. The van der Waals surface area contributed by atoms with Gasteiger partial charge < -0.3 is 5.32 Å². The van der Waals surface area contributed by atoms with E-state index in [2.05, 4.69) is 20.9 Å². The Balaban J connectivity index is 2.27. The van der Waals surface area contributed by atoms with Crippen LogP contribution >= 0.6 is 0 Å². The third kappa shape index (κ3) is 4.03. The topological polar surface area (TPSA) is 88.9 Å². The Morgan fingerprint density at radius 1 is 1.39 bits per heavy atom. The summed E-state index contributed by atoms with van der Waals surface area (Å²) in [5.41, 5.74) is -0.636. The van der Waals surface area contributed by atoms with Crippen LogP contribution in [-0.2, 0) is 22.6 Å². The molecule has 1 aliphatic rings. The van der Waals surface area contributed by atoms with E-state index in [1.807, 2.05) is 31.8 Å². The van der Waals surface area contributed by atoms with Crippen molar-refractivity contribution in [3.63, 3.8) is 0 Å². The van der Waals surface area contributed by atoms with Gasteiger partial charge in [-0.1, -0.05) is 5.21 Å². The predicted molar refractivity (Wildman–Crippen MR) is 87.1 cm³/mol. The second-order valence-electron chi connectivity index (χ2n) is 6.85. The van der Waals surface area contributed by atoms with E-state index in [1.165, 1.54) is 6.92 Å². The average molecular weight is 321 g/mol. The first-order valence-corrected chi connectivity index (χ1v) is 8.16. The lowest BCUT2D eigenvalue weighted by atomic mass is 9.88. The summed E-state index contributed by atoms with van der Waals surface area (Å²) in [6, 6.07) is 0. The molecule has 0 aliphatic carbocycles. The van der Waals surface area contributed by atoms with E-state index in [0.29, 0.717) is 6.42 Å². The number of aromatic nitrogens is 3. The fourth-order valence-electron chi connectivity index (χ4n) is 2.83. The van der Waals surface area contributed by atoms with Gasteiger partial charge in [-0.05, 0) is 47.1 Å². The molecule has 128 valence electrons. The first kappa shape index (κ1) is 17.7. The number of hydrogen-bond donors (Lipinski definition) is 2. The molecule has 1 aromatic rings. The van der Waals surface area contributed by atoms with Crippen LogP contribution in [-0.4, -0.2) is 51.2 Å². The Kier molecular flexibility index (Phi) is 5.31. The standard InChI is InChI=1S/C16H27N5O2/c1-12(22)16(3)9-13-11-21(20-19-13)8-6-5-7-15(2,17-4)14(23)10-18-16/h11,17-18H,5-10H2,1-4H3/t15-,16-/m0/s1. The van der Waals surface area contributed by atoms with Crippen molar-refractivity contribution >= 4 is 11.6 Å². The maximum Gasteiger partial charge on any atom is 0.166 e. The molecule has 0 radical (unpaired) electrons. The van der Waals surface area contributed by atoms with Crippen molar-refractivity contribution in [1.82, 2.24) is 25.6 Å². The van der Waals surface area contributed by atoms with Gasteiger partial charge in [0, 0.05) is 19.2 Å². The summed E-state index contributed by atoms with van der Waals surface area (Å²) in [4.78, 5) is 24.8. The lowest BCUT2D eigenvalue weighted by Gasteiger charge is -2.32. The zero-order valence-corrected chi connectivity index (χ0v) is 14.5. The van der Waals surface area contributed by atoms with Gasteiger partial charge in [-0.15, -0.1) is 5.10 Å². The summed E-state index contributed by atoms with van der Waals surface area (Å²) >= 11 is 0. The van der Waals surface area contributed by atoms with Crippen molar-refractivity contribution < 1.29 is 9.59 Å². The molecule has 1 aliphatic heterocycles. The number of hydrogen-bond acceptors (Lipinski definition) is 6. The van der Waals surface area contributed by atoms with Crippen molar-refractivity contribution in [2.24, 2.45) is 0 Å². The second-order valence-corrected chi connectivity index (χ2v) is 6.85. The van der Waals surface area contributed by atoms with Crippen LogP contribution in [0.4, 0.5) is 0 Å². The van der Waals surface area contributed by atoms with Gasteiger partial charge in [0.1, 0.15) is 5.78 Å². The zero-order valence-electron chi connectivity index (χ0n) is 14.5. The SMILES string of the molecule is CN[C@@]1(C)CCCCn2cc(nn2)C[C@@](C)(C(C)=O)NCC1=O. The average Bonchev–Trinajstić information content (AvgIpc) is 2.95. The van der Waals surface area contributed by atoms with Gasteiger partial charge in [0.15, 0.2) is 5.78 Å². The fraction of sp³-hybridized carbons (Fsp3) is 0.750. The van der Waals surface area contributed by atoms with Gasteiger partial charge in [0.05, 0.1) is 23.3 Å². The number of likely N-dealkylation sites (N-methyl/N-ethyl adjacent to an activating group) is 1. The highest BCUT2D eigenvalue weighted by Gasteiger charge is 2.35. The molecule has 2 atom stereocenters. The molecule has 0 spiro atoms. The number of nitrogens with one attached hydrogen (secondary N) is 2. The number of ketones is 2. The van der Waals surface area contributed by atoms with Crippen LogP contribution in [0.2, 0.25) is 0 Å². The fourth-order valence-corrected chi connectivity index (χ4v) is 2.83. The maximum atomic E-state index is 12.6. The summed E-state index contributed by atoms with van der Waals surface area (Å²) in [5.74, 6) is 0.0636. The van der Waals surface area contributed by atoms with E-state index in [0.717, 1.165) is 31.5 Å². The number of carbonyl (C=O) groups excluding carboxylic acids is 2. The molecule has 0 saturated carbocycles. The lowest BCUT2D eigenvalue weighted by molar-refractivity contribution is -0.126. The van der Waals surface area contributed by atoms with E-state index in [4.69, 9.17) is 0 Å². The summed E-state index contributed by atoms with van der Waals surface area (Å²) in [6.07, 6.45) is 4.92. The normalized spacial score (nSPS) is 30.2. The highest BCUT2D eigenvalue weighted by atomic mass is 16.1. The molecule has 7 nitrogen and oxygen atoms in total. The van der Waals surface area contributed by atoms with E-state index in [9.17, 15) is 9.59 Å². The number of fused-ring (bicyclic) bond motifs is 2. The Hall–Kier alpha value is -1.60. The minimum Gasteiger partial charge on any atom is -0.308 e. The first-order valence-electron chi connectivity index (χ1n) is 8.16. The number of aryl methyl sites for hydroxylation is 1. The van der Waals surface area contributed by atoms with Crippen molar-refractivity contribution in [1.29, 1.82) is 0 Å². The van der Waals surface area contributed by atoms with Crippen molar-refractivity contribution in [2.75, 3.05) is 13.6 Å². The summed E-state index contributed by atoms with van der Waals surface area (Å²) in [7, 11) is 1.81. The molecule has 0 saturated heterocycles. The summed E-state index contributed by atoms with van der Waals surface area (Å²) in [6.45, 7) is 6.21. The van der Waals surface area contributed by atoms with Gasteiger partial charge >= 0.3 is 0 Å². The molecule has 0 unspecified atom stereocenters. The number of nitrogens with zero attached hydrogens (tertiary/aromatic N) is 3. The molecule has 2 heterocycles. The second kappa shape index (κ2) is 6.88. The third-order valence-corrected chi connectivity index (χ3v) is 5.02. The molecular formula is C16H27N5O2. The monoisotopic (exact) mass is 321 g/mol. The molecule has 2 bridgehead atoms. The number of Topliss-reactive ketones (excluding diaryl/α,β-unsaturated/α-hetero) is 2. The Bertz CT molecular complexity index is 585. The quantitative estimate of drug-likeness (QED) is 0.824. The molecule has 2 N–H and O–H groups in total. The number of rotatable bonds is 2. The molecule has 0 aromatic carbocycles. The van der Waals surface area contributed by atoms with Crippen LogP contribution < -0.4 is 10.6 Å². The van der Waals surface area contributed by atoms with Crippen LogP contribution in [0.15, 0.2) is 6.20 Å². The van der Waals surface area contributed by atoms with Crippen molar-refractivity contribution in [2.45, 2.75) is 64.1 Å². The molecule has 7 heteroatoms. The number of carbonyl (C=O) groups is 2. The first-order chi connectivity index (χ1) is 10.8. The Morgan fingerprint density at radius 2 is 2.13 bits per heavy atom.